The highest BCUT2D eigenvalue weighted by molar-refractivity contribution is 7.00. The average Bonchev–Trinajstić information content (AvgIpc) is 3.46. The van der Waals surface area contributed by atoms with E-state index in [2.05, 4.69) is 14.1 Å². The lowest BCUT2D eigenvalue weighted by atomic mass is 10.00. The molecule has 5 aromatic rings. The van der Waals surface area contributed by atoms with Gasteiger partial charge in [0.25, 0.3) is 0 Å². The number of aromatic nitrogens is 3. The van der Waals surface area contributed by atoms with Crippen molar-refractivity contribution in [2.75, 3.05) is 11.9 Å². The number of nitrogens with one attached hydrogen (secondary N) is 1. The first-order valence-corrected chi connectivity index (χ1v) is 12.1. The Morgan fingerprint density at radius 3 is 2.53 bits per heavy atom. The normalized spacial score (nSPS) is 11.1. The second-order valence-corrected chi connectivity index (χ2v) is 8.80. The number of fused-ring (bicyclic) bond motifs is 2. The van der Waals surface area contributed by atoms with Crippen LogP contribution < -0.4 is 5.32 Å². The third-order valence-corrected chi connectivity index (χ3v) is 6.40. The summed E-state index contributed by atoms with van der Waals surface area (Å²) < 4.78 is 16.0. The minimum absolute atomic E-state index is 0.193. The molecule has 1 amide bonds. The molecule has 0 fully saturated rings. The van der Waals surface area contributed by atoms with Gasteiger partial charge in [-0.3, -0.25) is 9.59 Å². The Morgan fingerprint density at radius 1 is 1.03 bits per heavy atom. The molecule has 2 heterocycles. The molecule has 0 spiro atoms. The molecule has 0 saturated carbocycles. The molecule has 0 aliphatic heterocycles. The fraction of sp³-hybridized carbons (Fsp3) is 0.148. The van der Waals surface area contributed by atoms with Crippen molar-refractivity contribution in [1.82, 2.24) is 13.3 Å². The van der Waals surface area contributed by atoms with Crippen LogP contribution in [0.5, 0.6) is 0 Å². The van der Waals surface area contributed by atoms with Crippen LogP contribution in [0.4, 0.5) is 5.69 Å². The van der Waals surface area contributed by atoms with Gasteiger partial charge in [0.2, 0.25) is 5.91 Å². The van der Waals surface area contributed by atoms with Crippen molar-refractivity contribution in [3.63, 3.8) is 0 Å². The molecule has 0 aliphatic carbocycles. The first-order chi connectivity index (χ1) is 17.5. The molecule has 0 unspecified atom stereocenters. The number of carbonyl (C=O) groups excluding carboxylic acids is 3. The Hall–Kier alpha value is -4.37. The molecule has 0 bridgehead atoms. The number of ether oxygens (including phenoxy) is 1. The first kappa shape index (κ1) is 23.4. The van der Waals surface area contributed by atoms with Crippen molar-refractivity contribution in [2.45, 2.75) is 20.4 Å². The monoisotopic (exact) mass is 498 g/mol. The van der Waals surface area contributed by atoms with Crippen LogP contribution in [-0.2, 0) is 16.1 Å². The third-order valence-electron chi connectivity index (χ3n) is 5.85. The highest BCUT2D eigenvalue weighted by Crippen LogP contribution is 2.38. The number of aldehydes is 1. The zero-order chi connectivity index (χ0) is 25.2. The van der Waals surface area contributed by atoms with Crippen LogP contribution >= 0.6 is 11.7 Å². The lowest BCUT2D eigenvalue weighted by Crippen LogP contribution is -2.14. The molecule has 0 aliphatic rings. The summed E-state index contributed by atoms with van der Waals surface area (Å²) >= 11 is 1.16. The number of anilines is 1. The summed E-state index contributed by atoms with van der Waals surface area (Å²) in [5.41, 5.74) is 6.34. The Balaban J connectivity index is 1.77. The quantitative estimate of drug-likeness (QED) is 0.241. The number of benzene rings is 3. The number of esters is 1. The molecule has 180 valence electrons. The third kappa shape index (κ3) is 4.36. The van der Waals surface area contributed by atoms with E-state index < -0.39 is 5.97 Å². The summed E-state index contributed by atoms with van der Waals surface area (Å²) in [6.07, 6.45) is 0.775. The Kier molecular flexibility index (Phi) is 6.30. The predicted molar refractivity (Wildman–Crippen MR) is 140 cm³/mol. The maximum absolute atomic E-state index is 13.4. The molecule has 0 saturated heterocycles. The SMILES string of the molecule is CCOC(=O)c1c(-c2ccc(C=O)cc2)c2cc(NC(C)=O)ccc2n1Cc1ccc2nsnc2c1. The Morgan fingerprint density at radius 2 is 1.81 bits per heavy atom. The predicted octanol–water partition coefficient (Wildman–Crippen LogP) is 5.31. The van der Waals surface area contributed by atoms with Gasteiger partial charge in [0.1, 0.15) is 23.0 Å². The van der Waals surface area contributed by atoms with Crippen molar-refractivity contribution in [3.8, 4) is 11.1 Å². The van der Waals surface area contributed by atoms with Gasteiger partial charge in [-0.25, -0.2) is 4.79 Å². The van der Waals surface area contributed by atoms with Crippen LogP contribution in [0.1, 0.15) is 40.3 Å². The topological polar surface area (TPSA) is 103 Å². The van der Waals surface area contributed by atoms with E-state index in [0.717, 1.165) is 51.1 Å². The van der Waals surface area contributed by atoms with E-state index >= 15 is 0 Å². The van der Waals surface area contributed by atoms with E-state index in [1.807, 2.05) is 53.1 Å². The molecule has 1 N–H and O–H groups in total. The van der Waals surface area contributed by atoms with Crippen LogP contribution in [0.2, 0.25) is 0 Å². The molecule has 5 rings (SSSR count). The van der Waals surface area contributed by atoms with Crippen molar-refractivity contribution in [1.29, 1.82) is 0 Å². The largest absolute Gasteiger partial charge is 0.461 e. The van der Waals surface area contributed by atoms with Gasteiger partial charge in [0, 0.05) is 41.2 Å². The molecule has 3 aromatic carbocycles. The molecule has 9 heteroatoms. The molecule has 2 aromatic heterocycles. The fourth-order valence-corrected chi connectivity index (χ4v) is 4.86. The lowest BCUT2D eigenvalue weighted by molar-refractivity contribution is -0.114. The number of nitrogens with zero attached hydrogens (tertiary/aromatic N) is 3. The van der Waals surface area contributed by atoms with Crippen molar-refractivity contribution >= 4 is 57.5 Å². The molecular weight excluding hydrogens is 476 g/mol. The zero-order valence-corrected chi connectivity index (χ0v) is 20.5. The molecular formula is C27H22N4O4S. The smallest absolute Gasteiger partial charge is 0.355 e. The van der Waals surface area contributed by atoms with Gasteiger partial charge < -0.3 is 14.6 Å². The van der Waals surface area contributed by atoms with Gasteiger partial charge in [0.05, 0.1) is 18.3 Å². The van der Waals surface area contributed by atoms with Crippen LogP contribution in [0, 0.1) is 0 Å². The van der Waals surface area contributed by atoms with Crippen molar-refractivity contribution in [2.24, 2.45) is 0 Å². The summed E-state index contributed by atoms with van der Waals surface area (Å²) in [6.45, 7) is 3.82. The minimum Gasteiger partial charge on any atom is -0.461 e. The van der Waals surface area contributed by atoms with Gasteiger partial charge in [0.15, 0.2) is 0 Å². The standard InChI is InChI=1S/C27H22N4O4S/c1-3-35-27(34)26-25(19-7-4-17(15-32)5-8-19)21-13-20(28-16(2)33)9-11-24(21)31(26)14-18-6-10-22-23(12-18)30-36-29-22/h4-13,15H,3,14H2,1-2H3,(H,28,33). The molecule has 0 atom stereocenters. The van der Waals surface area contributed by atoms with Crippen molar-refractivity contribution < 1.29 is 19.1 Å². The maximum atomic E-state index is 13.4. The fourth-order valence-electron chi connectivity index (χ4n) is 4.34. The lowest BCUT2D eigenvalue weighted by Gasteiger charge is -2.12. The van der Waals surface area contributed by atoms with E-state index in [0.29, 0.717) is 29.1 Å². The summed E-state index contributed by atoms with van der Waals surface area (Å²) in [7, 11) is 0. The first-order valence-electron chi connectivity index (χ1n) is 11.4. The molecule has 36 heavy (non-hydrogen) atoms. The van der Waals surface area contributed by atoms with Crippen molar-refractivity contribution in [3.05, 3.63) is 77.5 Å². The van der Waals surface area contributed by atoms with Gasteiger partial charge >= 0.3 is 5.97 Å². The average molecular weight is 499 g/mol. The number of hydrogen-bond acceptors (Lipinski definition) is 7. The maximum Gasteiger partial charge on any atom is 0.355 e. The van der Waals surface area contributed by atoms with Gasteiger partial charge in [-0.2, -0.15) is 8.75 Å². The van der Waals surface area contributed by atoms with Crippen LogP contribution in [-0.4, -0.2) is 38.1 Å². The van der Waals surface area contributed by atoms with E-state index in [4.69, 9.17) is 4.74 Å². The van der Waals surface area contributed by atoms with Gasteiger partial charge in [-0.15, -0.1) is 0 Å². The molecule has 0 radical (unpaired) electrons. The van der Waals surface area contributed by atoms with Crippen LogP contribution in [0.3, 0.4) is 0 Å². The summed E-state index contributed by atoms with van der Waals surface area (Å²) in [6, 6.07) is 18.4. The molecule has 8 nitrogen and oxygen atoms in total. The zero-order valence-electron chi connectivity index (χ0n) is 19.6. The second kappa shape index (κ2) is 9.71. The van der Waals surface area contributed by atoms with E-state index in [9.17, 15) is 14.4 Å². The highest BCUT2D eigenvalue weighted by atomic mass is 32.1. The highest BCUT2D eigenvalue weighted by Gasteiger charge is 2.25. The summed E-state index contributed by atoms with van der Waals surface area (Å²) in [5.74, 6) is -0.651. The van der Waals surface area contributed by atoms with E-state index in [1.54, 1.807) is 19.1 Å². The Labute approximate surface area is 210 Å². The summed E-state index contributed by atoms with van der Waals surface area (Å²) in [4.78, 5) is 36.3. The number of amides is 1. The van der Waals surface area contributed by atoms with Crippen LogP contribution in [0.25, 0.3) is 33.1 Å². The minimum atomic E-state index is -0.458. The number of hydrogen-bond donors (Lipinski definition) is 1. The van der Waals surface area contributed by atoms with E-state index in [1.165, 1.54) is 6.92 Å². The second-order valence-electron chi connectivity index (χ2n) is 8.27. The van der Waals surface area contributed by atoms with Gasteiger partial charge in [-0.1, -0.05) is 30.3 Å². The number of carbonyl (C=O) groups is 3. The van der Waals surface area contributed by atoms with Gasteiger partial charge in [-0.05, 0) is 48.4 Å². The Bertz CT molecular complexity index is 1620. The van der Waals surface area contributed by atoms with E-state index in [-0.39, 0.29) is 12.5 Å². The summed E-state index contributed by atoms with van der Waals surface area (Å²) in [5, 5.41) is 3.60. The number of rotatable bonds is 7. The van der Waals surface area contributed by atoms with Crippen LogP contribution in [0.15, 0.2) is 60.7 Å².